The highest BCUT2D eigenvalue weighted by Crippen LogP contribution is 2.25. The number of para-hydroxylation sites is 1. The third kappa shape index (κ3) is 2.65. The number of carbonyl (C=O) groups excluding carboxylic acids is 2. The Balaban J connectivity index is 1.82. The standard InChI is InChI=1S/C17H16N2O2/c1-12-6-5-9-14(10-12)19-16(20)11-15(17(19)21)18-13-7-3-2-4-8-13/h2-10,15,18H,11H2,1H3/t15-/m0/s1. The molecule has 106 valence electrons. The number of rotatable bonds is 3. The first-order valence-corrected chi connectivity index (χ1v) is 6.90. The molecule has 2 aromatic carbocycles. The molecule has 2 amide bonds. The molecule has 21 heavy (non-hydrogen) atoms. The van der Waals surface area contributed by atoms with Crippen LogP contribution in [0, 0.1) is 6.92 Å². The van der Waals surface area contributed by atoms with Crippen LogP contribution in [0.5, 0.6) is 0 Å². The molecular weight excluding hydrogens is 264 g/mol. The maximum Gasteiger partial charge on any atom is 0.256 e. The van der Waals surface area contributed by atoms with Gasteiger partial charge in [-0.25, -0.2) is 4.90 Å². The molecule has 3 rings (SSSR count). The van der Waals surface area contributed by atoms with Crippen LogP contribution in [-0.4, -0.2) is 17.9 Å². The van der Waals surface area contributed by atoms with Crippen molar-refractivity contribution in [2.45, 2.75) is 19.4 Å². The van der Waals surface area contributed by atoms with Crippen LogP contribution >= 0.6 is 0 Å². The predicted molar refractivity (Wildman–Crippen MR) is 82.1 cm³/mol. The third-order valence-electron chi connectivity index (χ3n) is 3.52. The number of aryl methyl sites for hydroxylation is 1. The monoisotopic (exact) mass is 280 g/mol. The first-order chi connectivity index (χ1) is 10.1. The average Bonchev–Trinajstić information content (AvgIpc) is 2.74. The van der Waals surface area contributed by atoms with Crippen molar-refractivity contribution >= 4 is 23.2 Å². The van der Waals surface area contributed by atoms with Crippen LogP contribution in [0.15, 0.2) is 54.6 Å². The summed E-state index contributed by atoms with van der Waals surface area (Å²) in [6.07, 6.45) is 0.182. The van der Waals surface area contributed by atoms with Gasteiger partial charge in [0, 0.05) is 5.69 Å². The lowest BCUT2D eigenvalue weighted by Crippen LogP contribution is -2.34. The van der Waals surface area contributed by atoms with Gasteiger partial charge in [-0.05, 0) is 36.8 Å². The van der Waals surface area contributed by atoms with E-state index in [-0.39, 0.29) is 18.2 Å². The molecular formula is C17H16N2O2. The second-order valence-corrected chi connectivity index (χ2v) is 5.17. The summed E-state index contributed by atoms with van der Waals surface area (Å²) in [5.74, 6) is -0.367. The number of nitrogens with one attached hydrogen (secondary N) is 1. The largest absolute Gasteiger partial charge is 0.373 e. The van der Waals surface area contributed by atoms with Crippen molar-refractivity contribution in [3.8, 4) is 0 Å². The van der Waals surface area contributed by atoms with Gasteiger partial charge in [0.25, 0.3) is 5.91 Å². The number of carbonyl (C=O) groups is 2. The van der Waals surface area contributed by atoms with Crippen molar-refractivity contribution < 1.29 is 9.59 Å². The minimum absolute atomic E-state index is 0.168. The lowest BCUT2D eigenvalue weighted by molar-refractivity contribution is -0.121. The van der Waals surface area contributed by atoms with Crippen molar-refractivity contribution in [1.29, 1.82) is 0 Å². The van der Waals surface area contributed by atoms with Crippen LogP contribution < -0.4 is 10.2 Å². The summed E-state index contributed by atoms with van der Waals surface area (Å²) in [4.78, 5) is 25.9. The minimum atomic E-state index is -0.500. The number of imide groups is 1. The normalized spacial score (nSPS) is 18.1. The van der Waals surface area contributed by atoms with Gasteiger partial charge in [-0.15, -0.1) is 0 Å². The Bertz CT molecular complexity index is 682. The topological polar surface area (TPSA) is 49.4 Å². The number of anilines is 2. The maximum atomic E-state index is 12.5. The molecule has 1 fully saturated rings. The van der Waals surface area contributed by atoms with E-state index < -0.39 is 6.04 Å². The van der Waals surface area contributed by atoms with Crippen molar-refractivity contribution in [2.24, 2.45) is 0 Å². The van der Waals surface area contributed by atoms with Crippen molar-refractivity contribution in [1.82, 2.24) is 0 Å². The fraction of sp³-hybridized carbons (Fsp3) is 0.176. The Labute approximate surface area is 123 Å². The van der Waals surface area contributed by atoms with Crippen molar-refractivity contribution in [2.75, 3.05) is 10.2 Å². The third-order valence-corrected chi connectivity index (χ3v) is 3.52. The summed E-state index contributed by atoms with van der Waals surface area (Å²) in [6.45, 7) is 1.94. The highest BCUT2D eigenvalue weighted by molar-refractivity contribution is 6.23. The molecule has 2 aromatic rings. The van der Waals surface area contributed by atoms with Gasteiger partial charge in [0.2, 0.25) is 5.91 Å². The predicted octanol–water partition coefficient (Wildman–Crippen LogP) is 2.74. The van der Waals surface area contributed by atoms with E-state index in [0.717, 1.165) is 11.3 Å². The van der Waals surface area contributed by atoms with Crippen LogP contribution in [0.3, 0.4) is 0 Å². The zero-order valence-corrected chi connectivity index (χ0v) is 11.7. The fourth-order valence-electron chi connectivity index (χ4n) is 2.52. The fourth-order valence-corrected chi connectivity index (χ4v) is 2.52. The van der Waals surface area contributed by atoms with E-state index in [4.69, 9.17) is 0 Å². The zero-order chi connectivity index (χ0) is 14.8. The van der Waals surface area contributed by atoms with Crippen molar-refractivity contribution in [3.63, 3.8) is 0 Å². The molecule has 1 atom stereocenters. The maximum absolute atomic E-state index is 12.5. The summed E-state index contributed by atoms with van der Waals surface area (Å²) in [5.41, 5.74) is 2.50. The van der Waals surface area contributed by atoms with Gasteiger partial charge in [-0.3, -0.25) is 9.59 Å². The van der Waals surface area contributed by atoms with E-state index >= 15 is 0 Å². The average molecular weight is 280 g/mol. The lowest BCUT2D eigenvalue weighted by atomic mass is 10.2. The van der Waals surface area contributed by atoms with Gasteiger partial charge in [0.1, 0.15) is 6.04 Å². The molecule has 0 saturated carbocycles. The van der Waals surface area contributed by atoms with Crippen LogP contribution in [0.4, 0.5) is 11.4 Å². The van der Waals surface area contributed by atoms with Gasteiger partial charge in [0.15, 0.2) is 0 Å². The molecule has 1 heterocycles. The lowest BCUT2D eigenvalue weighted by Gasteiger charge is -2.16. The van der Waals surface area contributed by atoms with Gasteiger partial charge >= 0.3 is 0 Å². The summed E-state index contributed by atoms with van der Waals surface area (Å²) in [6, 6.07) is 16.4. The Morgan fingerprint density at radius 3 is 2.52 bits per heavy atom. The van der Waals surface area contributed by atoms with Gasteiger partial charge in [-0.2, -0.15) is 0 Å². The van der Waals surface area contributed by atoms with Crippen LogP contribution in [0.1, 0.15) is 12.0 Å². The number of nitrogens with zero attached hydrogens (tertiary/aromatic N) is 1. The molecule has 0 radical (unpaired) electrons. The quantitative estimate of drug-likeness (QED) is 0.879. The van der Waals surface area contributed by atoms with Gasteiger partial charge in [-0.1, -0.05) is 30.3 Å². The smallest absolute Gasteiger partial charge is 0.256 e. The van der Waals surface area contributed by atoms with Crippen LogP contribution in [-0.2, 0) is 9.59 Å². The van der Waals surface area contributed by atoms with E-state index in [1.165, 1.54) is 4.90 Å². The molecule has 1 aliphatic rings. The van der Waals surface area contributed by atoms with E-state index in [1.54, 1.807) is 6.07 Å². The summed E-state index contributed by atoms with van der Waals surface area (Å²) >= 11 is 0. The highest BCUT2D eigenvalue weighted by atomic mass is 16.2. The Kier molecular flexibility index (Phi) is 3.44. The zero-order valence-electron chi connectivity index (χ0n) is 11.7. The molecule has 0 bridgehead atoms. The van der Waals surface area contributed by atoms with Crippen LogP contribution in [0.2, 0.25) is 0 Å². The van der Waals surface area contributed by atoms with Gasteiger partial charge in [0.05, 0.1) is 12.1 Å². The molecule has 1 aliphatic heterocycles. The molecule has 0 unspecified atom stereocenters. The Morgan fingerprint density at radius 2 is 1.81 bits per heavy atom. The Morgan fingerprint density at radius 1 is 1.05 bits per heavy atom. The first-order valence-electron chi connectivity index (χ1n) is 6.90. The number of hydrogen-bond donors (Lipinski definition) is 1. The summed E-state index contributed by atoms with van der Waals surface area (Å²) < 4.78 is 0. The molecule has 1 N–H and O–H groups in total. The van der Waals surface area contributed by atoms with Crippen molar-refractivity contribution in [3.05, 3.63) is 60.2 Å². The number of benzene rings is 2. The van der Waals surface area contributed by atoms with Gasteiger partial charge < -0.3 is 5.32 Å². The highest BCUT2D eigenvalue weighted by Gasteiger charge is 2.39. The second kappa shape index (κ2) is 5.40. The van der Waals surface area contributed by atoms with E-state index in [1.807, 2.05) is 55.5 Å². The van der Waals surface area contributed by atoms with E-state index in [9.17, 15) is 9.59 Å². The SMILES string of the molecule is Cc1cccc(N2C(=O)C[C@H](Nc3ccccc3)C2=O)c1. The molecule has 4 nitrogen and oxygen atoms in total. The molecule has 1 saturated heterocycles. The Hall–Kier alpha value is -2.62. The van der Waals surface area contributed by atoms with E-state index in [2.05, 4.69) is 5.32 Å². The molecule has 0 spiro atoms. The second-order valence-electron chi connectivity index (χ2n) is 5.17. The molecule has 4 heteroatoms. The molecule has 0 aliphatic carbocycles. The molecule has 0 aromatic heterocycles. The van der Waals surface area contributed by atoms with E-state index in [0.29, 0.717) is 5.69 Å². The van der Waals surface area contributed by atoms with Crippen LogP contribution in [0.25, 0.3) is 0 Å². The number of amides is 2. The minimum Gasteiger partial charge on any atom is -0.373 e. The number of hydrogen-bond acceptors (Lipinski definition) is 3. The first kappa shape index (κ1) is 13.4. The summed E-state index contributed by atoms with van der Waals surface area (Å²) in [5, 5.41) is 3.12. The summed E-state index contributed by atoms with van der Waals surface area (Å²) in [7, 11) is 0.